The summed E-state index contributed by atoms with van der Waals surface area (Å²) in [4.78, 5) is 13.8. The van der Waals surface area contributed by atoms with Crippen LogP contribution >= 0.6 is 27.5 Å². The summed E-state index contributed by atoms with van der Waals surface area (Å²) in [6.07, 6.45) is 1.34. The number of ether oxygens (including phenoxy) is 1. The second kappa shape index (κ2) is 5.50. The van der Waals surface area contributed by atoms with E-state index in [-0.39, 0.29) is 22.3 Å². The number of pyridine rings is 1. The lowest BCUT2D eigenvalue weighted by molar-refractivity contribution is -0.384. The van der Waals surface area contributed by atoms with Gasteiger partial charge in [-0.15, -0.1) is 0 Å². The van der Waals surface area contributed by atoms with E-state index in [0.29, 0.717) is 4.47 Å². The molecule has 5 nitrogen and oxygen atoms in total. The van der Waals surface area contributed by atoms with Gasteiger partial charge in [-0.3, -0.25) is 10.1 Å². The van der Waals surface area contributed by atoms with Gasteiger partial charge in [-0.05, 0) is 28.1 Å². The van der Waals surface area contributed by atoms with Gasteiger partial charge in [0, 0.05) is 16.7 Å². The second-order valence-corrected chi connectivity index (χ2v) is 4.74. The first-order valence-electron chi connectivity index (χ1n) is 4.90. The number of aromatic nitrogens is 1. The summed E-state index contributed by atoms with van der Waals surface area (Å²) >= 11 is 8.88. The van der Waals surface area contributed by atoms with Gasteiger partial charge < -0.3 is 4.74 Å². The van der Waals surface area contributed by atoms with Crippen LogP contribution in [0.25, 0.3) is 0 Å². The molecule has 0 amide bonds. The highest BCUT2D eigenvalue weighted by Crippen LogP contribution is 2.33. The molecule has 1 heterocycles. The Balaban J connectivity index is 2.37. The first-order chi connectivity index (χ1) is 8.97. The number of benzene rings is 1. The van der Waals surface area contributed by atoms with Crippen LogP contribution in [0.1, 0.15) is 0 Å². The van der Waals surface area contributed by atoms with Gasteiger partial charge in [0.2, 0.25) is 0 Å². The Morgan fingerprint density at radius 1 is 1.42 bits per heavy atom. The van der Waals surface area contributed by atoms with Crippen LogP contribution in [0.4, 0.5) is 10.1 Å². The van der Waals surface area contributed by atoms with Crippen LogP contribution in [0.5, 0.6) is 11.6 Å². The van der Waals surface area contributed by atoms with Gasteiger partial charge in [-0.2, -0.15) is 0 Å². The van der Waals surface area contributed by atoms with E-state index in [1.807, 2.05) is 0 Å². The lowest BCUT2D eigenvalue weighted by Gasteiger charge is -2.07. The van der Waals surface area contributed by atoms with Crippen molar-refractivity contribution < 1.29 is 14.1 Å². The summed E-state index contributed by atoms with van der Waals surface area (Å²) in [5.41, 5.74) is -0.211. The van der Waals surface area contributed by atoms with Crippen molar-refractivity contribution in [2.45, 2.75) is 0 Å². The summed E-state index contributed by atoms with van der Waals surface area (Å²) in [6.45, 7) is 0. The van der Waals surface area contributed by atoms with Gasteiger partial charge in [0.05, 0.1) is 16.0 Å². The van der Waals surface area contributed by atoms with Gasteiger partial charge in [0.15, 0.2) is 11.6 Å². The molecule has 0 aliphatic rings. The molecule has 0 N–H and O–H groups in total. The van der Waals surface area contributed by atoms with E-state index in [0.717, 1.165) is 12.1 Å². The Kier molecular flexibility index (Phi) is 3.96. The van der Waals surface area contributed by atoms with Crippen molar-refractivity contribution in [2.24, 2.45) is 0 Å². The van der Waals surface area contributed by atoms with Gasteiger partial charge in [0.25, 0.3) is 11.6 Å². The van der Waals surface area contributed by atoms with Gasteiger partial charge in [-0.1, -0.05) is 11.6 Å². The average molecular weight is 348 g/mol. The highest BCUT2D eigenvalue weighted by molar-refractivity contribution is 9.10. The normalized spacial score (nSPS) is 10.3. The van der Waals surface area contributed by atoms with E-state index in [2.05, 4.69) is 20.9 Å². The van der Waals surface area contributed by atoms with E-state index in [4.69, 9.17) is 16.3 Å². The Hall–Kier alpha value is -1.73. The minimum atomic E-state index is -0.711. The smallest absolute Gasteiger partial charge is 0.273 e. The van der Waals surface area contributed by atoms with Gasteiger partial charge in [-0.25, -0.2) is 9.37 Å². The summed E-state index contributed by atoms with van der Waals surface area (Å²) < 4.78 is 19.1. The van der Waals surface area contributed by atoms with Crippen LogP contribution in [0.2, 0.25) is 5.02 Å². The van der Waals surface area contributed by atoms with Crippen LogP contribution in [0, 0.1) is 15.9 Å². The van der Waals surface area contributed by atoms with E-state index in [9.17, 15) is 14.5 Å². The number of nitrogens with zero attached hydrogens (tertiary/aromatic N) is 2. The quantitative estimate of drug-likeness (QED) is 0.612. The highest BCUT2D eigenvalue weighted by Gasteiger charge is 2.14. The van der Waals surface area contributed by atoms with Gasteiger partial charge in [0.1, 0.15) is 0 Å². The van der Waals surface area contributed by atoms with Crippen LogP contribution in [0.15, 0.2) is 34.9 Å². The minimum absolute atomic E-state index is 0.0374. The highest BCUT2D eigenvalue weighted by atomic mass is 79.9. The van der Waals surface area contributed by atoms with Crippen LogP contribution in [-0.4, -0.2) is 9.91 Å². The molecule has 0 atom stereocenters. The maximum absolute atomic E-state index is 13.5. The number of hydrogen-bond acceptors (Lipinski definition) is 4. The third kappa shape index (κ3) is 3.18. The summed E-state index contributed by atoms with van der Waals surface area (Å²) in [5, 5.41) is 10.8. The van der Waals surface area contributed by atoms with E-state index < -0.39 is 10.7 Å². The Morgan fingerprint density at radius 3 is 2.79 bits per heavy atom. The maximum atomic E-state index is 13.5. The Morgan fingerprint density at radius 2 is 2.16 bits per heavy atom. The molecule has 1 aromatic heterocycles. The molecule has 98 valence electrons. The fourth-order valence-electron chi connectivity index (χ4n) is 1.27. The number of nitro benzene ring substituents is 1. The molecule has 0 unspecified atom stereocenters. The molecule has 0 saturated carbocycles. The lowest BCUT2D eigenvalue weighted by atomic mass is 10.3. The topological polar surface area (TPSA) is 65.3 Å². The van der Waals surface area contributed by atoms with Crippen molar-refractivity contribution in [3.63, 3.8) is 0 Å². The van der Waals surface area contributed by atoms with Gasteiger partial charge >= 0.3 is 0 Å². The molecule has 0 aliphatic heterocycles. The van der Waals surface area contributed by atoms with Crippen molar-refractivity contribution in [3.8, 4) is 11.6 Å². The van der Waals surface area contributed by atoms with Crippen molar-refractivity contribution in [1.29, 1.82) is 0 Å². The van der Waals surface area contributed by atoms with Crippen LogP contribution in [-0.2, 0) is 0 Å². The molecule has 1 aromatic carbocycles. The number of non-ortho nitro benzene ring substituents is 1. The monoisotopic (exact) mass is 346 g/mol. The maximum Gasteiger partial charge on any atom is 0.273 e. The summed E-state index contributed by atoms with van der Waals surface area (Å²) in [5.74, 6) is -1.06. The third-order valence-electron chi connectivity index (χ3n) is 2.11. The molecule has 0 spiro atoms. The number of rotatable bonds is 3. The Labute approximate surface area is 120 Å². The van der Waals surface area contributed by atoms with Crippen molar-refractivity contribution in [3.05, 3.63) is 55.9 Å². The Bertz CT molecular complexity index is 654. The van der Waals surface area contributed by atoms with Crippen molar-refractivity contribution in [2.75, 3.05) is 0 Å². The first-order valence-corrected chi connectivity index (χ1v) is 6.07. The molecule has 0 radical (unpaired) electrons. The SMILES string of the molecule is O=[N+]([O-])c1ccc(Cl)c(Oc2ncc(Br)cc2F)c1. The number of hydrogen-bond donors (Lipinski definition) is 0. The fourth-order valence-corrected chi connectivity index (χ4v) is 1.72. The standard InChI is InChI=1S/C11H5BrClFN2O3/c12-6-3-9(14)11(15-5-6)19-10-4-7(16(17)18)1-2-8(10)13/h1-5H. The first kappa shape index (κ1) is 13.7. The predicted molar refractivity (Wildman–Crippen MR) is 70.1 cm³/mol. The van der Waals surface area contributed by atoms with E-state index >= 15 is 0 Å². The van der Waals surface area contributed by atoms with Crippen molar-refractivity contribution in [1.82, 2.24) is 4.98 Å². The predicted octanol–water partition coefficient (Wildman–Crippen LogP) is 4.34. The zero-order valence-electron chi connectivity index (χ0n) is 9.14. The molecule has 0 saturated heterocycles. The van der Waals surface area contributed by atoms with Crippen LogP contribution < -0.4 is 4.74 Å². The van der Waals surface area contributed by atoms with Crippen LogP contribution in [0.3, 0.4) is 0 Å². The minimum Gasteiger partial charge on any atom is -0.435 e. The molecule has 2 rings (SSSR count). The number of nitro groups is 1. The molecule has 8 heteroatoms. The third-order valence-corrected chi connectivity index (χ3v) is 2.85. The fraction of sp³-hybridized carbons (Fsp3) is 0. The largest absolute Gasteiger partial charge is 0.435 e. The second-order valence-electron chi connectivity index (χ2n) is 3.41. The molecule has 19 heavy (non-hydrogen) atoms. The van der Waals surface area contributed by atoms with Crippen molar-refractivity contribution >= 4 is 33.2 Å². The molecule has 0 bridgehead atoms. The lowest BCUT2D eigenvalue weighted by Crippen LogP contribution is -1.94. The van der Waals surface area contributed by atoms with E-state index in [1.165, 1.54) is 18.3 Å². The summed E-state index contributed by atoms with van der Waals surface area (Å²) in [6, 6.07) is 4.78. The number of halogens is 3. The molecule has 0 aliphatic carbocycles. The van der Waals surface area contributed by atoms with E-state index in [1.54, 1.807) is 0 Å². The molecular weight excluding hydrogens is 342 g/mol. The summed E-state index contributed by atoms with van der Waals surface area (Å²) in [7, 11) is 0. The molecule has 2 aromatic rings. The average Bonchev–Trinajstić information content (AvgIpc) is 2.34. The molecule has 0 fully saturated rings. The zero-order valence-corrected chi connectivity index (χ0v) is 11.5. The zero-order chi connectivity index (χ0) is 14.0. The molecular formula is C11H5BrClFN2O3.